The summed E-state index contributed by atoms with van der Waals surface area (Å²) in [6.45, 7) is 4.00. The molecule has 3 rings (SSSR count). The van der Waals surface area contributed by atoms with Crippen LogP contribution in [0.5, 0.6) is 0 Å². The van der Waals surface area contributed by atoms with Crippen LogP contribution in [0.2, 0.25) is 0 Å². The highest BCUT2D eigenvalue weighted by Gasteiger charge is 2.09. The second kappa shape index (κ2) is 6.23. The maximum absolute atomic E-state index is 12.1. The van der Waals surface area contributed by atoms with Gasteiger partial charge in [0.15, 0.2) is 5.16 Å². The van der Waals surface area contributed by atoms with E-state index in [-0.39, 0.29) is 5.91 Å². The van der Waals surface area contributed by atoms with Gasteiger partial charge in [-0.1, -0.05) is 30.0 Å². The molecule has 1 N–H and O–H groups in total. The number of pyridine rings is 1. The Bertz CT molecular complexity index is 826. The van der Waals surface area contributed by atoms with Crippen molar-refractivity contribution in [2.45, 2.75) is 19.0 Å². The highest BCUT2D eigenvalue weighted by Crippen LogP contribution is 2.20. The minimum Gasteiger partial charge on any atom is -0.325 e. The Labute approximate surface area is 133 Å². The van der Waals surface area contributed by atoms with Gasteiger partial charge in [-0.05, 0) is 43.2 Å². The lowest BCUT2D eigenvalue weighted by Crippen LogP contribution is -2.15. The number of carbonyl (C=O) groups excluding carboxylic acids is 1. The fraction of sp³-hybridized carbons (Fsp3) is 0.176. The van der Waals surface area contributed by atoms with Gasteiger partial charge in [0, 0.05) is 11.9 Å². The molecule has 112 valence electrons. The van der Waals surface area contributed by atoms with Gasteiger partial charge in [0.1, 0.15) is 0 Å². The molecule has 0 bridgehead atoms. The third kappa shape index (κ3) is 3.14. The van der Waals surface area contributed by atoms with Crippen molar-refractivity contribution < 1.29 is 4.79 Å². The third-order valence-corrected chi connectivity index (χ3v) is 4.37. The molecule has 22 heavy (non-hydrogen) atoms. The van der Waals surface area contributed by atoms with E-state index in [9.17, 15) is 4.79 Å². The average molecular weight is 311 g/mol. The number of hydrogen-bond donors (Lipinski definition) is 1. The number of nitrogens with zero attached hydrogens (tertiary/aromatic N) is 2. The zero-order chi connectivity index (χ0) is 15.5. The summed E-state index contributed by atoms with van der Waals surface area (Å²) in [4.78, 5) is 16.5. The monoisotopic (exact) mass is 311 g/mol. The number of fused-ring (bicyclic) bond motifs is 1. The molecule has 0 saturated heterocycles. The van der Waals surface area contributed by atoms with Crippen molar-refractivity contribution in [1.29, 1.82) is 0 Å². The Hall–Kier alpha value is -2.27. The summed E-state index contributed by atoms with van der Waals surface area (Å²) in [7, 11) is 0. The van der Waals surface area contributed by atoms with Crippen LogP contribution in [0.15, 0.2) is 53.9 Å². The highest BCUT2D eigenvalue weighted by molar-refractivity contribution is 7.99. The molecule has 5 heteroatoms. The number of aromatic nitrogens is 2. The van der Waals surface area contributed by atoms with E-state index in [4.69, 9.17) is 0 Å². The van der Waals surface area contributed by atoms with Crippen LogP contribution in [0.4, 0.5) is 5.69 Å². The van der Waals surface area contributed by atoms with Gasteiger partial charge < -0.3 is 5.32 Å². The Morgan fingerprint density at radius 3 is 3.00 bits per heavy atom. The third-order valence-electron chi connectivity index (χ3n) is 3.40. The topological polar surface area (TPSA) is 46.4 Å². The van der Waals surface area contributed by atoms with Crippen molar-refractivity contribution in [3.63, 3.8) is 0 Å². The molecule has 0 spiro atoms. The van der Waals surface area contributed by atoms with Crippen molar-refractivity contribution in [2.24, 2.45) is 0 Å². The number of imidazole rings is 1. The number of amides is 1. The molecule has 0 radical (unpaired) electrons. The predicted molar refractivity (Wildman–Crippen MR) is 90.5 cm³/mol. The van der Waals surface area contributed by atoms with E-state index < -0.39 is 0 Å². The molecule has 1 amide bonds. The molecule has 4 nitrogen and oxygen atoms in total. The van der Waals surface area contributed by atoms with Gasteiger partial charge in [-0.2, -0.15) is 0 Å². The summed E-state index contributed by atoms with van der Waals surface area (Å²) >= 11 is 1.43. The van der Waals surface area contributed by atoms with E-state index in [1.54, 1.807) is 0 Å². The number of aryl methyl sites for hydroxylation is 2. The quantitative estimate of drug-likeness (QED) is 0.748. The standard InChI is InChI=1S/C17H17N3OS/c1-12-6-7-13(2)15(9-12)19-16(21)11-22-17-18-10-14-5-3-4-8-20(14)17/h3-10H,11H2,1-2H3,(H,19,21). The highest BCUT2D eigenvalue weighted by atomic mass is 32.2. The largest absolute Gasteiger partial charge is 0.325 e. The van der Waals surface area contributed by atoms with Crippen molar-refractivity contribution in [1.82, 2.24) is 9.38 Å². The van der Waals surface area contributed by atoms with E-state index in [2.05, 4.69) is 10.3 Å². The van der Waals surface area contributed by atoms with Crippen molar-refractivity contribution in [2.75, 3.05) is 11.1 Å². The Morgan fingerprint density at radius 1 is 1.27 bits per heavy atom. The zero-order valence-electron chi connectivity index (χ0n) is 12.5. The molecule has 1 aromatic carbocycles. The SMILES string of the molecule is Cc1ccc(C)c(NC(=O)CSc2ncc3ccccn23)c1. The van der Waals surface area contributed by atoms with E-state index in [0.29, 0.717) is 5.75 Å². The smallest absolute Gasteiger partial charge is 0.234 e. The molecular formula is C17H17N3OS. The van der Waals surface area contributed by atoms with Crippen LogP contribution in [0.25, 0.3) is 5.52 Å². The van der Waals surface area contributed by atoms with Crippen molar-refractivity contribution in [3.05, 3.63) is 59.9 Å². The lowest BCUT2D eigenvalue weighted by atomic mass is 10.1. The van der Waals surface area contributed by atoms with Crippen LogP contribution in [-0.2, 0) is 4.79 Å². The minimum atomic E-state index is -0.0219. The fourth-order valence-corrected chi connectivity index (χ4v) is 2.98. The molecule has 0 atom stereocenters. The van der Waals surface area contributed by atoms with Crippen molar-refractivity contribution >= 4 is 28.9 Å². The van der Waals surface area contributed by atoms with Gasteiger partial charge >= 0.3 is 0 Å². The van der Waals surface area contributed by atoms with Gasteiger partial charge in [-0.3, -0.25) is 9.20 Å². The van der Waals surface area contributed by atoms with Gasteiger partial charge in [0.05, 0.1) is 17.5 Å². The maximum atomic E-state index is 12.1. The van der Waals surface area contributed by atoms with Crippen LogP contribution < -0.4 is 5.32 Å². The minimum absolute atomic E-state index is 0.0219. The Morgan fingerprint density at radius 2 is 2.14 bits per heavy atom. The van der Waals surface area contributed by atoms with Gasteiger partial charge in [-0.25, -0.2) is 4.98 Å². The molecule has 0 saturated carbocycles. The number of rotatable bonds is 4. The summed E-state index contributed by atoms with van der Waals surface area (Å²) in [6, 6.07) is 12.0. The van der Waals surface area contributed by atoms with Crippen LogP contribution in [0.3, 0.4) is 0 Å². The number of carbonyl (C=O) groups is 1. The van der Waals surface area contributed by atoms with Crippen LogP contribution >= 0.6 is 11.8 Å². The molecule has 0 aliphatic rings. The lowest BCUT2D eigenvalue weighted by molar-refractivity contribution is -0.113. The number of nitrogens with one attached hydrogen (secondary N) is 1. The molecule has 2 aromatic heterocycles. The van der Waals surface area contributed by atoms with Gasteiger partial charge in [-0.15, -0.1) is 0 Å². The summed E-state index contributed by atoms with van der Waals surface area (Å²) in [5.41, 5.74) is 4.10. The lowest BCUT2D eigenvalue weighted by Gasteiger charge is -2.09. The van der Waals surface area contributed by atoms with Crippen LogP contribution in [-0.4, -0.2) is 21.0 Å². The van der Waals surface area contributed by atoms with Gasteiger partial charge in [0.25, 0.3) is 0 Å². The van der Waals surface area contributed by atoms with E-state index in [0.717, 1.165) is 27.5 Å². The van der Waals surface area contributed by atoms with E-state index in [1.165, 1.54) is 11.8 Å². The second-order valence-corrected chi connectivity index (χ2v) is 6.13. The number of hydrogen-bond acceptors (Lipinski definition) is 3. The maximum Gasteiger partial charge on any atom is 0.234 e. The second-order valence-electron chi connectivity index (χ2n) is 5.19. The number of anilines is 1. The van der Waals surface area contributed by atoms with E-state index >= 15 is 0 Å². The molecule has 0 fully saturated rings. The summed E-state index contributed by atoms with van der Waals surface area (Å²) < 4.78 is 1.98. The summed E-state index contributed by atoms with van der Waals surface area (Å²) in [5.74, 6) is 0.313. The van der Waals surface area contributed by atoms with Crippen molar-refractivity contribution in [3.8, 4) is 0 Å². The molecule has 0 aliphatic heterocycles. The van der Waals surface area contributed by atoms with Gasteiger partial charge in [0.2, 0.25) is 5.91 Å². The number of benzene rings is 1. The first-order valence-corrected chi connectivity index (χ1v) is 8.04. The normalized spacial score (nSPS) is 10.8. The Kier molecular flexibility index (Phi) is 4.15. The first-order valence-electron chi connectivity index (χ1n) is 7.05. The first kappa shape index (κ1) is 14.7. The zero-order valence-corrected chi connectivity index (χ0v) is 13.4. The molecule has 2 heterocycles. The molecular weight excluding hydrogens is 294 g/mol. The first-order chi connectivity index (χ1) is 10.6. The summed E-state index contributed by atoms with van der Waals surface area (Å²) in [6.07, 6.45) is 3.76. The predicted octanol–water partition coefficient (Wildman–Crippen LogP) is 3.68. The summed E-state index contributed by atoms with van der Waals surface area (Å²) in [5, 5.41) is 3.79. The Balaban J connectivity index is 1.66. The molecule has 3 aromatic rings. The number of thioether (sulfide) groups is 1. The fourth-order valence-electron chi connectivity index (χ4n) is 2.21. The van der Waals surface area contributed by atoms with Crippen LogP contribution in [0, 0.1) is 13.8 Å². The molecule has 0 aliphatic carbocycles. The van der Waals surface area contributed by atoms with E-state index in [1.807, 2.05) is 67.0 Å². The van der Waals surface area contributed by atoms with Crippen LogP contribution in [0.1, 0.15) is 11.1 Å². The molecule has 0 unspecified atom stereocenters. The average Bonchev–Trinajstić information content (AvgIpc) is 2.92.